The molecule has 1 aliphatic heterocycles. The Kier molecular flexibility index (Phi) is 5.06. The van der Waals surface area contributed by atoms with E-state index in [4.69, 9.17) is 4.74 Å². The molecule has 1 atom stereocenters. The van der Waals surface area contributed by atoms with Crippen molar-refractivity contribution in [2.75, 3.05) is 44.7 Å². The van der Waals surface area contributed by atoms with E-state index < -0.39 is 0 Å². The van der Waals surface area contributed by atoms with Crippen LogP contribution in [0.3, 0.4) is 0 Å². The molecule has 0 saturated carbocycles. The number of rotatable bonds is 3. The molecule has 23 heavy (non-hydrogen) atoms. The van der Waals surface area contributed by atoms with Crippen LogP contribution in [-0.4, -0.2) is 50.8 Å². The zero-order valence-electron chi connectivity index (χ0n) is 14.2. The van der Waals surface area contributed by atoms with Crippen molar-refractivity contribution in [3.63, 3.8) is 0 Å². The Balaban J connectivity index is 1.77. The van der Waals surface area contributed by atoms with Gasteiger partial charge in [-0.05, 0) is 49.1 Å². The highest BCUT2D eigenvalue weighted by Gasteiger charge is 2.25. The third kappa shape index (κ3) is 3.61. The molecule has 1 amide bonds. The molecule has 0 spiro atoms. The second-order valence-corrected chi connectivity index (χ2v) is 6.34. The molecule has 1 saturated heterocycles. The first-order valence-corrected chi connectivity index (χ1v) is 8.69. The lowest BCUT2D eigenvalue weighted by Crippen LogP contribution is -2.46. The summed E-state index contributed by atoms with van der Waals surface area (Å²) in [6.45, 7) is 7.70. The molecule has 5 nitrogen and oxygen atoms in total. The lowest BCUT2D eigenvalue weighted by atomic mass is 9.89. The van der Waals surface area contributed by atoms with Crippen molar-refractivity contribution in [3.8, 4) is 0 Å². The number of likely N-dealkylation sites (N-methyl/N-ethyl adjacent to an activating group) is 1. The van der Waals surface area contributed by atoms with Crippen LogP contribution in [0.4, 0.5) is 10.5 Å². The predicted octanol–water partition coefficient (Wildman–Crippen LogP) is 2.56. The summed E-state index contributed by atoms with van der Waals surface area (Å²) in [6, 6.07) is 6.68. The molecule has 1 aliphatic carbocycles. The summed E-state index contributed by atoms with van der Waals surface area (Å²) >= 11 is 0. The van der Waals surface area contributed by atoms with Gasteiger partial charge in [0.25, 0.3) is 0 Å². The predicted molar refractivity (Wildman–Crippen MR) is 92.0 cm³/mol. The van der Waals surface area contributed by atoms with Crippen molar-refractivity contribution < 1.29 is 9.53 Å². The first-order chi connectivity index (χ1) is 11.2. The van der Waals surface area contributed by atoms with Gasteiger partial charge in [-0.15, -0.1) is 0 Å². The average Bonchev–Trinajstić information content (AvgIpc) is 2.61. The molecule has 126 valence electrons. The maximum Gasteiger partial charge on any atom is 0.407 e. The molecule has 1 unspecified atom stereocenters. The van der Waals surface area contributed by atoms with E-state index in [1.807, 2.05) is 0 Å². The highest BCUT2D eigenvalue weighted by molar-refractivity contribution is 5.67. The monoisotopic (exact) mass is 317 g/mol. The summed E-state index contributed by atoms with van der Waals surface area (Å²) in [4.78, 5) is 16.5. The van der Waals surface area contributed by atoms with Gasteiger partial charge >= 0.3 is 6.09 Å². The minimum absolute atomic E-state index is 0.115. The number of hydrogen-bond acceptors (Lipinski definition) is 4. The van der Waals surface area contributed by atoms with Crippen LogP contribution in [0.25, 0.3) is 0 Å². The number of fused-ring (bicyclic) bond motifs is 1. The van der Waals surface area contributed by atoms with E-state index in [2.05, 4.69) is 40.2 Å². The van der Waals surface area contributed by atoms with Gasteiger partial charge < -0.3 is 19.9 Å². The summed E-state index contributed by atoms with van der Waals surface area (Å²) in [7, 11) is 1.61. The average molecular weight is 317 g/mol. The summed E-state index contributed by atoms with van der Waals surface area (Å²) in [5.74, 6) is 0. The van der Waals surface area contributed by atoms with Gasteiger partial charge in [-0.3, -0.25) is 0 Å². The van der Waals surface area contributed by atoms with Crippen LogP contribution < -0.4 is 10.2 Å². The van der Waals surface area contributed by atoms with Gasteiger partial charge in [0.2, 0.25) is 0 Å². The fraction of sp³-hybridized carbons (Fsp3) is 0.611. The van der Waals surface area contributed by atoms with Gasteiger partial charge in [0.1, 0.15) is 6.10 Å². The highest BCUT2D eigenvalue weighted by atomic mass is 16.6. The van der Waals surface area contributed by atoms with Crippen molar-refractivity contribution in [2.24, 2.45) is 0 Å². The highest BCUT2D eigenvalue weighted by Crippen LogP contribution is 2.35. The number of nitrogens with one attached hydrogen (secondary N) is 1. The number of ether oxygens (including phenoxy) is 1. The fourth-order valence-corrected chi connectivity index (χ4v) is 3.57. The Labute approximate surface area is 138 Å². The van der Waals surface area contributed by atoms with E-state index in [0.29, 0.717) is 0 Å². The Hall–Kier alpha value is -1.75. The molecular formula is C18H27N3O2. The van der Waals surface area contributed by atoms with Crippen molar-refractivity contribution >= 4 is 11.8 Å². The third-order valence-electron chi connectivity index (χ3n) is 5.03. The SMILES string of the molecule is CCN1CCN(c2ccc3c(c2)C(OC(=O)NC)CCC3)CC1. The zero-order valence-corrected chi connectivity index (χ0v) is 14.2. The Morgan fingerprint density at radius 3 is 2.78 bits per heavy atom. The summed E-state index contributed by atoms with van der Waals surface area (Å²) in [6.07, 6.45) is 2.60. The van der Waals surface area contributed by atoms with E-state index in [-0.39, 0.29) is 12.2 Å². The van der Waals surface area contributed by atoms with E-state index >= 15 is 0 Å². The van der Waals surface area contributed by atoms with E-state index in [9.17, 15) is 4.79 Å². The normalized spacial score (nSPS) is 21.7. The van der Waals surface area contributed by atoms with Crippen molar-refractivity contribution in [2.45, 2.75) is 32.3 Å². The van der Waals surface area contributed by atoms with Gasteiger partial charge in [-0.25, -0.2) is 4.79 Å². The van der Waals surface area contributed by atoms with Crippen LogP contribution in [0.15, 0.2) is 18.2 Å². The van der Waals surface area contributed by atoms with E-state index in [1.54, 1.807) is 7.05 Å². The first-order valence-electron chi connectivity index (χ1n) is 8.69. The van der Waals surface area contributed by atoms with Crippen LogP contribution in [0, 0.1) is 0 Å². The molecule has 1 aromatic carbocycles. The summed E-state index contributed by atoms with van der Waals surface area (Å²) in [5.41, 5.74) is 3.77. The molecule has 5 heteroatoms. The van der Waals surface area contributed by atoms with Crippen LogP contribution in [0.1, 0.15) is 37.0 Å². The van der Waals surface area contributed by atoms with Crippen LogP contribution in [-0.2, 0) is 11.2 Å². The number of anilines is 1. The maximum atomic E-state index is 11.6. The lowest BCUT2D eigenvalue weighted by molar-refractivity contribution is 0.0892. The Bertz CT molecular complexity index is 553. The van der Waals surface area contributed by atoms with Crippen molar-refractivity contribution in [1.29, 1.82) is 0 Å². The number of alkyl carbamates (subject to hydrolysis) is 1. The summed E-state index contributed by atoms with van der Waals surface area (Å²) < 4.78 is 5.57. The van der Waals surface area contributed by atoms with Crippen LogP contribution in [0.2, 0.25) is 0 Å². The Morgan fingerprint density at radius 2 is 2.09 bits per heavy atom. The van der Waals surface area contributed by atoms with Crippen LogP contribution in [0.5, 0.6) is 0 Å². The van der Waals surface area contributed by atoms with Gasteiger partial charge in [0, 0.05) is 38.9 Å². The molecule has 3 rings (SSSR count). The number of piperazine rings is 1. The number of hydrogen-bond donors (Lipinski definition) is 1. The molecule has 0 aromatic heterocycles. The van der Waals surface area contributed by atoms with Gasteiger partial charge in [0.05, 0.1) is 0 Å². The Morgan fingerprint density at radius 1 is 1.30 bits per heavy atom. The molecular weight excluding hydrogens is 290 g/mol. The third-order valence-corrected chi connectivity index (χ3v) is 5.03. The molecule has 1 N–H and O–H groups in total. The quantitative estimate of drug-likeness (QED) is 0.930. The van der Waals surface area contributed by atoms with Gasteiger partial charge in [-0.1, -0.05) is 13.0 Å². The molecule has 1 fully saturated rings. The first kappa shape index (κ1) is 16.1. The number of carbonyl (C=O) groups is 1. The lowest BCUT2D eigenvalue weighted by Gasteiger charge is -2.36. The van der Waals surface area contributed by atoms with Crippen LogP contribution >= 0.6 is 0 Å². The number of nitrogens with zero attached hydrogens (tertiary/aromatic N) is 2. The van der Waals surface area contributed by atoms with Gasteiger partial charge in [-0.2, -0.15) is 0 Å². The standard InChI is InChI=1S/C18H27N3O2/c1-3-20-9-11-21(12-10-20)15-8-7-14-5-4-6-17(16(14)13-15)23-18(22)19-2/h7-8,13,17H,3-6,9-12H2,1-2H3,(H,19,22). The van der Waals surface area contributed by atoms with E-state index in [0.717, 1.165) is 52.0 Å². The number of carbonyl (C=O) groups excluding carboxylic acids is 1. The van der Waals surface area contributed by atoms with E-state index in [1.165, 1.54) is 16.8 Å². The second-order valence-electron chi connectivity index (χ2n) is 6.34. The summed E-state index contributed by atoms with van der Waals surface area (Å²) in [5, 5.41) is 2.56. The van der Waals surface area contributed by atoms with Crippen molar-refractivity contribution in [1.82, 2.24) is 10.2 Å². The largest absolute Gasteiger partial charge is 0.441 e. The number of benzene rings is 1. The minimum Gasteiger partial charge on any atom is -0.441 e. The molecule has 1 heterocycles. The molecule has 1 aromatic rings. The molecule has 2 aliphatic rings. The fourth-order valence-electron chi connectivity index (χ4n) is 3.57. The zero-order chi connectivity index (χ0) is 16.2. The van der Waals surface area contributed by atoms with Gasteiger partial charge in [0.15, 0.2) is 0 Å². The molecule has 0 bridgehead atoms. The molecule has 0 radical (unpaired) electrons. The minimum atomic E-state index is -0.343. The van der Waals surface area contributed by atoms with Crippen molar-refractivity contribution in [3.05, 3.63) is 29.3 Å². The topological polar surface area (TPSA) is 44.8 Å². The smallest absolute Gasteiger partial charge is 0.407 e. The maximum absolute atomic E-state index is 11.6. The second kappa shape index (κ2) is 7.21. The number of aryl methyl sites for hydroxylation is 1. The number of amides is 1.